The van der Waals surface area contributed by atoms with Crippen molar-refractivity contribution in [2.75, 3.05) is 0 Å². The van der Waals surface area contributed by atoms with Crippen LogP contribution in [0.15, 0.2) is 9.90 Å². The third-order valence-corrected chi connectivity index (χ3v) is 5.89. The minimum Gasteiger partial charge on any atom is -0.343 e. The largest absolute Gasteiger partial charge is 0.343 e. The molecule has 1 aliphatic carbocycles. The molecule has 0 bridgehead atoms. The quantitative estimate of drug-likeness (QED) is 0.817. The number of nitrogens with zero attached hydrogens (tertiary/aromatic N) is 3. The van der Waals surface area contributed by atoms with E-state index >= 15 is 0 Å². The zero-order valence-corrected chi connectivity index (χ0v) is 16.0. The van der Waals surface area contributed by atoms with E-state index in [0.717, 1.165) is 36.4 Å². The Bertz CT molecular complexity index is 714. The molecular weight excluding hydrogens is 336 g/mol. The fourth-order valence-corrected chi connectivity index (χ4v) is 4.21. The van der Waals surface area contributed by atoms with E-state index in [9.17, 15) is 4.79 Å². The molecule has 2 heterocycles. The lowest BCUT2D eigenvalue weighted by Crippen LogP contribution is -2.47. The van der Waals surface area contributed by atoms with Crippen LogP contribution in [0.5, 0.6) is 0 Å². The Morgan fingerprint density at radius 3 is 2.56 bits per heavy atom. The lowest BCUT2D eigenvalue weighted by molar-refractivity contribution is -0.122. The van der Waals surface area contributed by atoms with Crippen molar-refractivity contribution in [1.82, 2.24) is 20.4 Å². The molecule has 7 heteroatoms. The molecule has 0 spiro atoms. The monoisotopic (exact) mass is 362 g/mol. The molecule has 3 rings (SSSR count). The van der Waals surface area contributed by atoms with Crippen molar-refractivity contribution >= 4 is 17.2 Å². The van der Waals surface area contributed by atoms with Gasteiger partial charge in [0.1, 0.15) is 5.54 Å². The minimum atomic E-state index is -0.512. The van der Waals surface area contributed by atoms with Crippen molar-refractivity contribution in [2.24, 2.45) is 0 Å². The van der Waals surface area contributed by atoms with Gasteiger partial charge in [-0.05, 0) is 12.8 Å². The van der Waals surface area contributed by atoms with Crippen LogP contribution in [0.4, 0.5) is 0 Å². The zero-order chi connectivity index (χ0) is 17.9. The molecule has 1 amide bonds. The summed E-state index contributed by atoms with van der Waals surface area (Å²) in [6.07, 6.45) is 6.47. The van der Waals surface area contributed by atoms with Crippen LogP contribution < -0.4 is 5.32 Å². The van der Waals surface area contributed by atoms with Gasteiger partial charge in [0.2, 0.25) is 11.8 Å². The second-order valence-electron chi connectivity index (χ2n) is 7.19. The van der Waals surface area contributed by atoms with Crippen LogP contribution in [-0.2, 0) is 16.8 Å². The maximum atomic E-state index is 12.7. The Labute approximate surface area is 152 Å². The number of amides is 1. The third kappa shape index (κ3) is 4.26. The first-order valence-electron chi connectivity index (χ1n) is 9.04. The summed E-state index contributed by atoms with van der Waals surface area (Å²) < 4.78 is 5.19. The summed E-state index contributed by atoms with van der Waals surface area (Å²) in [5.41, 5.74) is 0.321. The number of hydrogen-bond donors (Lipinski definition) is 1. The van der Waals surface area contributed by atoms with E-state index in [1.54, 1.807) is 18.3 Å². The molecule has 0 radical (unpaired) electrons. The molecule has 0 aromatic carbocycles. The highest BCUT2D eigenvalue weighted by molar-refractivity contribution is 7.09. The lowest BCUT2D eigenvalue weighted by atomic mass is 9.89. The molecule has 1 saturated carbocycles. The van der Waals surface area contributed by atoms with E-state index in [1.807, 2.05) is 5.38 Å². The van der Waals surface area contributed by atoms with Gasteiger partial charge in [-0.1, -0.05) is 44.7 Å². The average molecular weight is 362 g/mol. The van der Waals surface area contributed by atoms with Crippen molar-refractivity contribution in [3.8, 4) is 0 Å². The van der Waals surface area contributed by atoms with Crippen molar-refractivity contribution in [3.63, 3.8) is 0 Å². The van der Waals surface area contributed by atoms with Crippen molar-refractivity contribution in [2.45, 2.75) is 77.2 Å². The van der Waals surface area contributed by atoms with Gasteiger partial charge in [-0.3, -0.25) is 4.79 Å². The summed E-state index contributed by atoms with van der Waals surface area (Å²) in [5, 5.41) is 10.4. The van der Waals surface area contributed by atoms with Gasteiger partial charge in [0, 0.05) is 18.2 Å². The first-order chi connectivity index (χ1) is 12.0. The highest BCUT2D eigenvalue weighted by Crippen LogP contribution is 2.34. The van der Waals surface area contributed by atoms with Gasteiger partial charge >= 0.3 is 0 Å². The van der Waals surface area contributed by atoms with Crippen LogP contribution in [0.1, 0.15) is 80.7 Å². The van der Waals surface area contributed by atoms with Crippen molar-refractivity contribution in [1.29, 1.82) is 0 Å². The number of carbonyl (C=O) groups excluding carboxylic acids is 1. The first-order valence-corrected chi connectivity index (χ1v) is 9.92. The van der Waals surface area contributed by atoms with Crippen molar-refractivity contribution in [3.05, 3.63) is 27.8 Å². The summed E-state index contributed by atoms with van der Waals surface area (Å²) in [7, 11) is 0. The second kappa shape index (κ2) is 7.64. The third-order valence-electron chi connectivity index (χ3n) is 4.70. The summed E-state index contributed by atoms with van der Waals surface area (Å²) in [6, 6.07) is 0. The predicted octanol–water partition coefficient (Wildman–Crippen LogP) is 3.87. The van der Waals surface area contributed by atoms with Gasteiger partial charge < -0.3 is 9.84 Å². The van der Waals surface area contributed by atoms with Crippen LogP contribution >= 0.6 is 11.3 Å². The van der Waals surface area contributed by atoms with Crippen LogP contribution in [0.25, 0.3) is 0 Å². The smallest absolute Gasteiger partial charge is 0.226 e. The molecule has 1 N–H and O–H groups in total. The number of hydrogen-bond acceptors (Lipinski definition) is 6. The van der Waals surface area contributed by atoms with Gasteiger partial charge in [0.15, 0.2) is 5.82 Å². The molecule has 1 fully saturated rings. The van der Waals surface area contributed by atoms with Crippen molar-refractivity contribution < 1.29 is 9.32 Å². The first kappa shape index (κ1) is 18.0. The summed E-state index contributed by atoms with van der Waals surface area (Å²) in [6.45, 7) is 6.01. The second-order valence-corrected chi connectivity index (χ2v) is 8.08. The van der Waals surface area contributed by atoms with Crippen LogP contribution in [0, 0.1) is 6.92 Å². The maximum Gasteiger partial charge on any atom is 0.226 e. The number of aromatic nitrogens is 3. The van der Waals surface area contributed by atoms with E-state index in [2.05, 4.69) is 34.3 Å². The van der Waals surface area contributed by atoms with Gasteiger partial charge in [-0.15, -0.1) is 11.3 Å². The lowest BCUT2D eigenvalue weighted by Gasteiger charge is -2.30. The van der Waals surface area contributed by atoms with E-state index in [-0.39, 0.29) is 5.91 Å². The normalized spacial score (nSPS) is 17.4. The van der Waals surface area contributed by atoms with Crippen LogP contribution in [0.2, 0.25) is 0 Å². The Balaban J connectivity index is 1.76. The van der Waals surface area contributed by atoms with Crippen LogP contribution in [-0.4, -0.2) is 21.0 Å². The molecule has 25 heavy (non-hydrogen) atoms. The molecule has 0 atom stereocenters. The molecule has 0 unspecified atom stereocenters. The topological polar surface area (TPSA) is 80.9 Å². The van der Waals surface area contributed by atoms with Gasteiger partial charge in [0.05, 0.1) is 17.1 Å². The number of carbonyl (C=O) groups is 1. The number of rotatable bonds is 5. The van der Waals surface area contributed by atoms with Crippen LogP contribution in [0.3, 0.4) is 0 Å². The van der Waals surface area contributed by atoms with E-state index in [0.29, 0.717) is 24.1 Å². The van der Waals surface area contributed by atoms with E-state index in [4.69, 9.17) is 4.52 Å². The Morgan fingerprint density at radius 1 is 1.28 bits per heavy atom. The molecule has 2 aromatic rings. The average Bonchev–Trinajstić information content (AvgIpc) is 3.13. The maximum absolute atomic E-state index is 12.7. The molecule has 6 nitrogen and oxygen atoms in total. The Morgan fingerprint density at radius 2 is 2.00 bits per heavy atom. The number of aryl methyl sites for hydroxylation is 1. The summed E-state index contributed by atoms with van der Waals surface area (Å²) >= 11 is 1.62. The molecule has 136 valence electrons. The molecule has 2 aromatic heterocycles. The fraction of sp³-hybridized carbons (Fsp3) is 0.667. The highest BCUT2D eigenvalue weighted by atomic mass is 32.1. The Kier molecular flexibility index (Phi) is 5.51. The molecular formula is C18H26N4O2S. The predicted molar refractivity (Wildman–Crippen MR) is 96.5 cm³/mol. The Hall–Kier alpha value is -1.76. The number of thiazole rings is 1. The number of nitrogens with one attached hydrogen (secondary N) is 1. The standard InChI is InChI=1S/C18H26N4O2S/c1-12(2)16-20-14(11-25-16)10-15(23)21-18(8-6-4-5-7-9-18)17-19-13(3)24-22-17/h11-12H,4-10H2,1-3H3,(H,21,23). The van der Waals surface area contributed by atoms with E-state index < -0.39 is 5.54 Å². The molecule has 1 aliphatic rings. The SMILES string of the molecule is Cc1nc(C2(NC(=O)Cc3csc(C(C)C)n3)CCCCCC2)no1. The molecule has 0 aliphatic heterocycles. The van der Waals surface area contributed by atoms with Gasteiger partial charge in [-0.25, -0.2) is 4.98 Å². The van der Waals surface area contributed by atoms with Gasteiger partial charge in [-0.2, -0.15) is 4.98 Å². The summed E-state index contributed by atoms with van der Waals surface area (Å²) in [4.78, 5) is 21.7. The molecule has 0 saturated heterocycles. The highest BCUT2D eigenvalue weighted by Gasteiger charge is 2.38. The van der Waals surface area contributed by atoms with Gasteiger partial charge in [0.25, 0.3) is 0 Å². The summed E-state index contributed by atoms with van der Waals surface area (Å²) in [5.74, 6) is 1.51. The minimum absolute atomic E-state index is 0.0232. The zero-order valence-electron chi connectivity index (χ0n) is 15.2. The van der Waals surface area contributed by atoms with E-state index in [1.165, 1.54) is 12.8 Å². The fourth-order valence-electron chi connectivity index (χ4n) is 3.37.